The van der Waals surface area contributed by atoms with Crippen LogP contribution in [0.4, 0.5) is 11.4 Å². The summed E-state index contributed by atoms with van der Waals surface area (Å²) in [5.41, 5.74) is 6.84. The van der Waals surface area contributed by atoms with E-state index in [9.17, 15) is 8.42 Å². The molecule has 108 valence electrons. The van der Waals surface area contributed by atoms with Crippen LogP contribution in [0, 0.1) is 11.3 Å². The molecular weight excluding hydrogens is 310 g/mol. The Hall–Kier alpha value is -2.23. The third kappa shape index (κ3) is 2.94. The first kappa shape index (κ1) is 15.2. The first-order valence-corrected chi connectivity index (χ1v) is 7.72. The number of halogens is 1. The quantitative estimate of drug-likeness (QED) is 0.880. The molecule has 0 aromatic heterocycles. The predicted molar refractivity (Wildman–Crippen MR) is 82.6 cm³/mol. The van der Waals surface area contributed by atoms with Gasteiger partial charge in [0.1, 0.15) is 4.90 Å². The van der Waals surface area contributed by atoms with E-state index in [0.717, 1.165) is 4.31 Å². The van der Waals surface area contributed by atoms with Crippen LogP contribution in [0.5, 0.6) is 0 Å². The maximum atomic E-state index is 12.6. The zero-order chi connectivity index (χ0) is 15.6. The van der Waals surface area contributed by atoms with Crippen molar-refractivity contribution in [2.24, 2.45) is 0 Å². The SMILES string of the molecule is CN(c1ccc(C#N)cc1)S(=O)(=O)c1ccc(N)cc1Cl. The Morgan fingerprint density at radius 3 is 2.33 bits per heavy atom. The highest BCUT2D eigenvalue weighted by Gasteiger charge is 2.24. The highest BCUT2D eigenvalue weighted by atomic mass is 35.5. The normalized spacial score (nSPS) is 10.9. The van der Waals surface area contributed by atoms with Crippen molar-refractivity contribution in [2.45, 2.75) is 4.90 Å². The first-order valence-electron chi connectivity index (χ1n) is 5.90. The summed E-state index contributed by atoms with van der Waals surface area (Å²) < 4.78 is 26.2. The summed E-state index contributed by atoms with van der Waals surface area (Å²) in [6.45, 7) is 0. The standard InChI is InChI=1S/C14H12ClN3O2S/c1-18(12-5-2-10(9-16)3-6-12)21(19,20)14-7-4-11(17)8-13(14)15/h2-8H,17H2,1H3. The van der Waals surface area contributed by atoms with Crippen molar-refractivity contribution in [1.82, 2.24) is 0 Å². The largest absolute Gasteiger partial charge is 0.399 e. The van der Waals surface area contributed by atoms with Crippen LogP contribution in [0.1, 0.15) is 5.56 Å². The fourth-order valence-corrected chi connectivity index (χ4v) is 3.48. The molecule has 2 aromatic rings. The molecule has 0 heterocycles. The Bertz CT molecular complexity index is 811. The summed E-state index contributed by atoms with van der Waals surface area (Å²) in [5.74, 6) is 0. The van der Waals surface area contributed by atoms with Gasteiger partial charge in [-0.3, -0.25) is 4.31 Å². The van der Waals surface area contributed by atoms with Gasteiger partial charge in [-0.1, -0.05) is 11.6 Å². The summed E-state index contributed by atoms with van der Waals surface area (Å²) in [6.07, 6.45) is 0. The van der Waals surface area contributed by atoms with Gasteiger partial charge in [0, 0.05) is 12.7 Å². The highest BCUT2D eigenvalue weighted by molar-refractivity contribution is 7.93. The lowest BCUT2D eigenvalue weighted by Gasteiger charge is -2.20. The number of anilines is 2. The molecule has 0 aliphatic heterocycles. The topological polar surface area (TPSA) is 87.2 Å². The molecule has 0 saturated carbocycles. The maximum absolute atomic E-state index is 12.6. The van der Waals surface area contributed by atoms with Crippen LogP contribution < -0.4 is 10.0 Å². The average molecular weight is 322 g/mol. The van der Waals surface area contributed by atoms with Gasteiger partial charge in [0.05, 0.1) is 22.3 Å². The summed E-state index contributed by atoms with van der Waals surface area (Å²) in [6, 6.07) is 12.4. The molecule has 21 heavy (non-hydrogen) atoms. The summed E-state index contributed by atoms with van der Waals surface area (Å²) in [4.78, 5) is -0.0229. The molecule has 0 fully saturated rings. The van der Waals surface area contributed by atoms with Crippen LogP contribution in [0.3, 0.4) is 0 Å². The second-order valence-corrected chi connectivity index (χ2v) is 6.67. The molecular formula is C14H12ClN3O2S. The van der Waals surface area contributed by atoms with Gasteiger partial charge in [-0.25, -0.2) is 8.42 Å². The van der Waals surface area contributed by atoms with Crippen LogP contribution >= 0.6 is 11.6 Å². The number of nitrogens with zero attached hydrogens (tertiary/aromatic N) is 2. The Morgan fingerprint density at radius 2 is 1.81 bits per heavy atom. The minimum Gasteiger partial charge on any atom is -0.399 e. The van der Waals surface area contributed by atoms with Crippen molar-refractivity contribution in [3.8, 4) is 6.07 Å². The van der Waals surface area contributed by atoms with Crippen LogP contribution in [0.2, 0.25) is 5.02 Å². The third-order valence-electron chi connectivity index (χ3n) is 2.95. The molecule has 2 N–H and O–H groups in total. The smallest absolute Gasteiger partial charge is 0.265 e. The van der Waals surface area contributed by atoms with E-state index in [-0.39, 0.29) is 9.92 Å². The monoisotopic (exact) mass is 321 g/mol. The fraction of sp³-hybridized carbons (Fsp3) is 0.0714. The summed E-state index contributed by atoms with van der Waals surface area (Å²) in [7, 11) is -2.38. The van der Waals surface area contributed by atoms with Crippen LogP contribution in [-0.2, 0) is 10.0 Å². The molecule has 2 aromatic carbocycles. The molecule has 0 radical (unpaired) electrons. The van der Waals surface area contributed by atoms with Gasteiger partial charge in [0.15, 0.2) is 0 Å². The fourth-order valence-electron chi connectivity index (χ4n) is 1.76. The Morgan fingerprint density at radius 1 is 1.19 bits per heavy atom. The summed E-state index contributed by atoms with van der Waals surface area (Å²) in [5, 5.41) is 8.82. The van der Waals surface area contributed by atoms with E-state index in [1.807, 2.05) is 6.07 Å². The Labute approximate surface area is 128 Å². The van der Waals surface area contributed by atoms with Crippen molar-refractivity contribution in [3.63, 3.8) is 0 Å². The van der Waals surface area contributed by atoms with Gasteiger partial charge in [-0.15, -0.1) is 0 Å². The van der Waals surface area contributed by atoms with Crippen LogP contribution in [0.25, 0.3) is 0 Å². The lowest BCUT2D eigenvalue weighted by molar-refractivity contribution is 0.594. The Kier molecular flexibility index (Phi) is 4.07. The van der Waals surface area contributed by atoms with E-state index in [1.54, 1.807) is 24.3 Å². The van der Waals surface area contributed by atoms with Crippen molar-refractivity contribution >= 4 is 33.0 Å². The van der Waals surface area contributed by atoms with Crippen LogP contribution in [0.15, 0.2) is 47.4 Å². The predicted octanol–water partition coefficient (Wildman–Crippen LogP) is 2.62. The average Bonchev–Trinajstić information content (AvgIpc) is 2.46. The van der Waals surface area contributed by atoms with Crippen molar-refractivity contribution in [3.05, 3.63) is 53.1 Å². The lowest BCUT2D eigenvalue weighted by atomic mass is 10.2. The summed E-state index contributed by atoms with van der Waals surface area (Å²) >= 11 is 5.96. The number of nitriles is 1. The zero-order valence-electron chi connectivity index (χ0n) is 11.1. The molecule has 0 atom stereocenters. The van der Waals surface area contributed by atoms with Gasteiger partial charge in [0.25, 0.3) is 10.0 Å². The van der Waals surface area contributed by atoms with Crippen LogP contribution in [-0.4, -0.2) is 15.5 Å². The molecule has 0 unspecified atom stereocenters. The minimum absolute atomic E-state index is 0.0229. The van der Waals surface area contributed by atoms with E-state index < -0.39 is 10.0 Å². The molecule has 7 heteroatoms. The number of nitrogens with two attached hydrogens (primary N) is 1. The minimum atomic E-state index is -3.80. The number of nitrogen functional groups attached to an aromatic ring is 1. The molecule has 0 saturated heterocycles. The van der Waals surface area contributed by atoms with E-state index in [1.165, 1.54) is 25.2 Å². The number of rotatable bonds is 3. The number of sulfonamides is 1. The molecule has 5 nitrogen and oxygen atoms in total. The maximum Gasteiger partial charge on any atom is 0.265 e. The second-order valence-electron chi connectivity index (χ2n) is 4.32. The van der Waals surface area contributed by atoms with E-state index in [4.69, 9.17) is 22.6 Å². The van der Waals surface area contributed by atoms with Gasteiger partial charge < -0.3 is 5.73 Å². The van der Waals surface area contributed by atoms with Crippen molar-refractivity contribution in [1.29, 1.82) is 5.26 Å². The molecule has 0 aliphatic carbocycles. The molecule has 0 aliphatic rings. The zero-order valence-corrected chi connectivity index (χ0v) is 12.7. The number of hydrogen-bond donors (Lipinski definition) is 1. The number of benzene rings is 2. The van der Waals surface area contributed by atoms with Crippen molar-refractivity contribution < 1.29 is 8.42 Å². The highest BCUT2D eigenvalue weighted by Crippen LogP contribution is 2.28. The molecule has 0 spiro atoms. The van der Waals surface area contributed by atoms with Crippen molar-refractivity contribution in [2.75, 3.05) is 17.1 Å². The van der Waals surface area contributed by atoms with Gasteiger partial charge in [-0.2, -0.15) is 5.26 Å². The molecule has 2 rings (SSSR count). The van der Waals surface area contributed by atoms with Gasteiger partial charge in [0.2, 0.25) is 0 Å². The van der Waals surface area contributed by atoms with E-state index in [2.05, 4.69) is 0 Å². The third-order valence-corrected chi connectivity index (χ3v) is 5.22. The van der Waals surface area contributed by atoms with Gasteiger partial charge >= 0.3 is 0 Å². The van der Waals surface area contributed by atoms with E-state index >= 15 is 0 Å². The Balaban J connectivity index is 2.45. The first-order chi connectivity index (χ1) is 9.86. The van der Waals surface area contributed by atoms with E-state index in [0.29, 0.717) is 16.9 Å². The molecule has 0 bridgehead atoms. The second kappa shape index (κ2) is 5.64. The van der Waals surface area contributed by atoms with Gasteiger partial charge in [-0.05, 0) is 42.5 Å². The number of hydrogen-bond acceptors (Lipinski definition) is 4. The lowest BCUT2D eigenvalue weighted by Crippen LogP contribution is -2.26. The molecule has 0 amide bonds.